The van der Waals surface area contributed by atoms with E-state index in [0.717, 1.165) is 40.8 Å². The summed E-state index contributed by atoms with van der Waals surface area (Å²) in [5.74, 6) is -6.79. The van der Waals surface area contributed by atoms with E-state index in [2.05, 4.69) is 51.3 Å². The van der Waals surface area contributed by atoms with E-state index >= 15 is 0 Å². The minimum absolute atomic E-state index is 0.0393. The number of esters is 3. The van der Waals surface area contributed by atoms with Crippen molar-refractivity contribution in [2.24, 2.45) is 0 Å². The zero-order valence-corrected chi connectivity index (χ0v) is 88.9. The standard InChI is InChI=1S/C13H16O2.C11H14O2.2C9H10O2.C9H8O2.C8H8O4S.C8H8O3S.C7H12O2.C7H14O2.2C7H8.9C2H6/c1-13(2,3)15-12(14)10-9-11-7-5-4-6-8-11;1-2-13-11(12)9-8-10-6-4-3-5-7-10;3*10-9(11)7-6-8-4-2-1-3-5-8;9-8(10)6-13(11,12)7-4-2-1-3-5-7;9-8(10)6-12(11)7-4-2-1-3-5-7;1-5-6(8)9-7(2,3)4;1-4-7(8-5-2)9-6-3;2*1-7-5-3-2-4-6-7;9*1-2/h4-10H,1-3H3;3-7H,2,8-9H2,1H3;2*1-5H,6-7H2,(H,10,11);1-7H,(H,10,11);1-5H,6H2,(H,9,10);1-5H,6H2,(H,9,10);5H,1H2,2-4H3;4,7H,1,5-6H2,2-3H3;2*2-6H,1H3;9*1-2H3/b10-9+;;;;7-6+;;;;;;;;;;;;;;;. The van der Waals surface area contributed by atoms with E-state index in [0.29, 0.717) is 44.0 Å². The first-order chi connectivity index (χ1) is 65.0. The Kier molecular flexibility index (Phi) is 117. The Morgan fingerprint density at radius 2 is 0.647 bits per heavy atom. The van der Waals surface area contributed by atoms with Crippen LogP contribution in [-0.2, 0) is 102 Å². The third kappa shape index (κ3) is 110. The van der Waals surface area contributed by atoms with E-state index in [4.69, 9.17) is 49.2 Å². The number of rotatable bonds is 26. The van der Waals surface area contributed by atoms with Crippen molar-refractivity contribution in [3.63, 3.8) is 0 Å². The van der Waals surface area contributed by atoms with Crippen LogP contribution in [-0.4, -0.2) is 135 Å². The third-order valence-electron chi connectivity index (χ3n) is 13.5. The molecule has 0 saturated heterocycles. The van der Waals surface area contributed by atoms with Crippen molar-refractivity contribution in [2.45, 2.75) is 267 Å². The molecule has 0 saturated carbocycles. The van der Waals surface area contributed by atoms with Crippen molar-refractivity contribution < 1.29 is 100 Å². The highest BCUT2D eigenvalue weighted by molar-refractivity contribution is 7.92. The number of aliphatic carboxylic acids is 5. The second-order valence-corrected chi connectivity index (χ2v) is 29.6. The first kappa shape index (κ1) is 147. The second kappa shape index (κ2) is 108. The van der Waals surface area contributed by atoms with E-state index in [1.807, 2.05) is 375 Å². The fourth-order valence-electron chi connectivity index (χ4n) is 8.28. The lowest BCUT2D eigenvalue weighted by Crippen LogP contribution is -2.22. The lowest BCUT2D eigenvalue weighted by molar-refractivity contribution is -0.149. The minimum atomic E-state index is -3.66. The molecule has 23 heteroatoms. The molecule has 21 nitrogen and oxygen atoms in total. The van der Waals surface area contributed by atoms with Crippen LogP contribution < -0.4 is 0 Å². The summed E-state index contributed by atoms with van der Waals surface area (Å²) >= 11 is 0. The summed E-state index contributed by atoms with van der Waals surface area (Å²) in [5, 5.41) is 41.7. The van der Waals surface area contributed by atoms with Crippen LogP contribution in [0.25, 0.3) is 12.2 Å². The van der Waals surface area contributed by atoms with E-state index in [1.54, 1.807) is 66.8 Å². The zero-order chi connectivity index (χ0) is 107. The Morgan fingerprint density at radius 3 is 0.890 bits per heavy atom. The maximum absolute atomic E-state index is 11.3. The Labute approximate surface area is 823 Å². The molecule has 0 heterocycles. The number of hydrogen-bond acceptors (Lipinski definition) is 16. The maximum Gasteiger partial charge on any atom is 0.331 e. The van der Waals surface area contributed by atoms with Crippen molar-refractivity contribution in [3.05, 3.63) is 349 Å². The Hall–Kier alpha value is -12.3. The number of benzene rings is 9. The van der Waals surface area contributed by atoms with Crippen molar-refractivity contribution in [3.8, 4) is 0 Å². The largest absolute Gasteiger partial charge is 0.481 e. The molecule has 1 atom stereocenters. The summed E-state index contributed by atoms with van der Waals surface area (Å²) in [5.41, 5.74) is 7.03. The van der Waals surface area contributed by atoms with Crippen molar-refractivity contribution >= 4 is 80.5 Å². The van der Waals surface area contributed by atoms with Gasteiger partial charge >= 0.3 is 47.8 Å². The molecule has 0 radical (unpaired) electrons. The fourth-order valence-corrected chi connectivity index (χ4v) is 10.2. The molecular formula is C113H170O21S2. The van der Waals surface area contributed by atoms with Gasteiger partial charge in [0.15, 0.2) is 21.9 Å². The Bertz CT molecular complexity index is 4290. The van der Waals surface area contributed by atoms with Crippen LogP contribution in [0.1, 0.15) is 245 Å². The highest BCUT2D eigenvalue weighted by Crippen LogP contribution is 2.13. The predicted molar refractivity (Wildman–Crippen MR) is 570 cm³/mol. The number of carbonyl (C=O) groups excluding carboxylic acids is 3. The molecule has 0 aliphatic carbocycles. The fraction of sp³-hybridized carbons (Fsp3) is 0.381. The van der Waals surface area contributed by atoms with Crippen LogP contribution >= 0.6 is 0 Å². The lowest BCUT2D eigenvalue weighted by Gasteiger charge is -2.17. The van der Waals surface area contributed by atoms with E-state index in [-0.39, 0.29) is 47.7 Å². The molecule has 0 amide bonds. The summed E-state index contributed by atoms with van der Waals surface area (Å²) < 4.78 is 58.7. The Balaban J connectivity index is -0.000000139. The summed E-state index contributed by atoms with van der Waals surface area (Å²) in [7, 11) is -5.07. The summed E-state index contributed by atoms with van der Waals surface area (Å²) in [6, 6.07) is 84.7. The highest BCUT2D eigenvalue weighted by atomic mass is 32.2. The van der Waals surface area contributed by atoms with Crippen LogP contribution in [0.3, 0.4) is 0 Å². The molecule has 1 unspecified atom stereocenters. The van der Waals surface area contributed by atoms with Crippen LogP contribution in [0.15, 0.2) is 320 Å². The number of sulfone groups is 1. The van der Waals surface area contributed by atoms with Crippen LogP contribution in [0.5, 0.6) is 0 Å². The zero-order valence-electron chi connectivity index (χ0n) is 87.3. The van der Waals surface area contributed by atoms with Crippen LogP contribution in [0.4, 0.5) is 0 Å². The SMILES string of the molecule is C=CC(=O)OC(C)(C)C.C=CC(OCC)OCC.CC.CC.CC.CC.CC.CC.CC.CC.CC.CC(C)(C)OC(=O)/C=C/c1ccccc1.CCOC(=O)CCc1ccccc1.Cc1ccccc1.Cc1ccccc1.O=C(O)/C=C/c1ccccc1.O=C(O)CCc1ccccc1.O=C(O)CCc1ccccc1.O=C(O)CS(=O)(=O)c1ccccc1.O=C(O)CS(=O)c1ccccc1. The number of carboxylic acid groups (broad SMARTS) is 5. The van der Waals surface area contributed by atoms with Gasteiger partial charge in [-0.25, -0.2) is 22.8 Å². The van der Waals surface area contributed by atoms with Crippen molar-refractivity contribution in [1.29, 1.82) is 0 Å². The molecule has 5 N–H and O–H groups in total. The van der Waals surface area contributed by atoms with E-state index in [1.165, 1.54) is 34.9 Å². The second-order valence-electron chi connectivity index (χ2n) is 26.1. The van der Waals surface area contributed by atoms with Crippen molar-refractivity contribution in [1.82, 2.24) is 0 Å². The quantitative estimate of drug-likeness (QED) is 0.0111. The van der Waals surface area contributed by atoms with E-state index < -0.39 is 67.4 Å². The lowest BCUT2D eigenvalue weighted by atomic mass is 10.1. The highest BCUT2D eigenvalue weighted by Gasteiger charge is 2.18. The van der Waals surface area contributed by atoms with Gasteiger partial charge in [-0.3, -0.25) is 28.2 Å². The topological polar surface area (TPSA) is 335 Å². The van der Waals surface area contributed by atoms with Gasteiger partial charge in [-0.1, -0.05) is 398 Å². The molecule has 0 aliphatic rings. The van der Waals surface area contributed by atoms with Gasteiger partial charge in [0.1, 0.15) is 17.0 Å². The molecule has 0 fully saturated rings. The van der Waals surface area contributed by atoms with Gasteiger partial charge in [0.05, 0.1) is 22.3 Å². The van der Waals surface area contributed by atoms with E-state index in [9.17, 15) is 51.0 Å². The predicted octanol–water partition coefficient (Wildman–Crippen LogP) is 28.2. The number of carbonyl (C=O) groups is 8. The summed E-state index contributed by atoms with van der Waals surface area (Å²) in [6.07, 6.45) is 11.3. The smallest absolute Gasteiger partial charge is 0.331 e. The van der Waals surface area contributed by atoms with Gasteiger partial charge in [-0.2, -0.15) is 0 Å². The van der Waals surface area contributed by atoms with Crippen LogP contribution in [0.2, 0.25) is 0 Å². The number of carboxylic acids is 5. The first-order valence-electron chi connectivity index (χ1n) is 46.5. The molecule has 0 bridgehead atoms. The molecule has 760 valence electrons. The molecular weight excluding hydrogens is 1760 g/mol. The Morgan fingerprint density at radius 1 is 0.368 bits per heavy atom. The molecule has 0 aliphatic heterocycles. The van der Waals surface area contributed by atoms with Crippen LogP contribution in [0, 0.1) is 13.8 Å². The normalized spacial score (nSPS) is 9.37. The molecule has 9 aromatic carbocycles. The minimum Gasteiger partial charge on any atom is -0.481 e. The molecule has 9 rings (SSSR count). The summed E-state index contributed by atoms with van der Waals surface area (Å²) in [4.78, 5) is 84.2. The van der Waals surface area contributed by atoms with Crippen molar-refractivity contribution in [2.75, 3.05) is 31.3 Å². The van der Waals surface area contributed by atoms with Gasteiger partial charge < -0.3 is 49.2 Å². The van der Waals surface area contributed by atoms with Gasteiger partial charge in [-0.15, -0.1) is 0 Å². The number of aryl methyl sites for hydroxylation is 5. The number of hydrogen-bond donors (Lipinski definition) is 5. The summed E-state index contributed by atoms with van der Waals surface area (Å²) in [6.45, 7) is 65.4. The average molecular weight is 1930 g/mol. The monoisotopic (exact) mass is 1930 g/mol. The van der Waals surface area contributed by atoms with Gasteiger partial charge in [0.2, 0.25) is 0 Å². The molecule has 136 heavy (non-hydrogen) atoms. The molecule has 0 aromatic heterocycles. The average Bonchev–Trinajstić information content (AvgIpc) is 0.849. The number of ether oxygens (including phenoxy) is 5. The van der Waals surface area contributed by atoms with Gasteiger partial charge in [0, 0.05) is 55.6 Å². The third-order valence-corrected chi connectivity index (χ3v) is 16.5. The first-order valence-corrected chi connectivity index (χ1v) is 49.5. The molecule has 0 spiro atoms. The molecule has 9 aromatic rings. The maximum atomic E-state index is 11.3. The van der Waals surface area contributed by atoms with Gasteiger partial charge in [-0.05, 0) is 166 Å². The van der Waals surface area contributed by atoms with Gasteiger partial charge in [0.25, 0.3) is 0 Å².